The van der Waals surface area contributed by atoms with Gasteiger partial charge in [-0.25, -0.2) is 0 Å². The summed E-state index contributed by atoms with van der Waals surface area (Å²) in [7, 11) is 4.20. The van der Waals surface area contributed by atoms with Crippen molar-refractivity contribution < 1.29 is 37.3 Å². The molecule has 0 amide bonds. The van der Waals surface area contributed by atoms with Crippen LogP contribution in [0.1, 0.15) is 27.8 Å². The Labute approximate surface area is 251 Å². The molecular formula is C25H24ClCu2N6OS2. The molecule has 12 heteroatoms. The average Bonchev–Trinajstić information content (AvgIpc) is 2.86. The normalized spacial score (nSPS) is 11.6. The van der Waals surface area contributed by atoms with E-state index in [1.165, 1.54) is 12.4 Å². The Morgan fingerprint density at radius 2 is 1.08 bits per heavy atom. The van der Waals surface area contributed by atoms with Crippen LogP contribution in [0.4, 0.5) is 11.4 Å². The van der Waals surface area contributed by atoms with Gasteiger partial charge in [0.05, 0.1) is 23.8 Å². The van der Waals surface area contributed by atoms with Gasteiger partial charge in [-0.15, -0.1) is 0 Å². The van der Waals surface area contributed by atoms with Crippen LogP contribution in [0.25, 0.3) is 0 Å². The van der Waals surface area contributed by atoms with Gasteiger partial charge in [-0.05, 0) is 62.7 Å². The van der Waals surface area contributed by atoms with Gasteiger partial charge in [0.1, 0.15) is 5.75 Å². The molecule has 0 saturated carbocycles. The zero-order valence-electron chi connectivity index (χ0n) is 20.0. The minimum Gasteiger partial charge on any atom is 1.00 e. The van der Waals surface area contributed by atoms with E-state index in [0.29, 0.717) is 11.1 Å². The molecule has 0 unspecified atom stereocenters. The Balaban J connectivity index is 0.00000223. The van der Waals surface area contributed by atoms with Crippen LogP contribution in [0, 0.1) is 20.8 Å². The van der Waals surface area contributed by atoms with E-state index >= 15 is 0 Å². The van der Waals surface area contributed by atoms with Gasteiger partial charge in [0, 0.05) is 21.5 Å². The Morgan fingerprint density at radius 1 is 0.730 bits per heavy atom. The van der Waals surface area contributed by atoms with Crippen molar-refractivity contribution >= 4 is 69.5 Å². The summed E-state index contributed by atoms with van der Waals surface area (Å²) >= 11 is 14.1. The molecule has 0 atom stereocenters. The molecule has 0 heterocycles. The SMILES string of the molecule is Cc1ccc(N=C([S-])N/N=C/c2cc(C)cc(/C=N/NC([S-])=Nc3ccc(C)cc3)c2O)cc1.[Cl][Cu+].[Cu+]. The molecule has 0 aliphatic rings. The maximum atomic E-state index is 10.6. The van der Waals surface area contributed by atoms with Gasteiger partial charge in [0.15, 0.2) is 0 Å². The number of rotatable bonds is 6. The van der Waals surface area contributed by atoms with Crippen LogP contribution in [0.5, 0.6) is 5.75 Å². The van der Waals surface area contributed by atoms with Crippen LogP contribution in [-0.4, -0.2) is 27.9 Å². The minimum absolute atomic E-state index is 0. The first-order chi connectivity index (χ1) is 17.3. The number of aliphatic imine (C=N–C) groups is 2. The maximum Gasteiger partial charge on any atom is 1.00 e. The Kier molecular flexibility index (Phi) is 15.0. The van der Waals surface area contributed by atoms with Crippen molar-refractivity contribution in [1.29, 1.82) is 0 Å². The molecule has 0 saturated heterocycles. The van der Waals surface area contributed by atoms with E-state index in [-0.39, 0.29) is 33.2 Å². The maximum absolute atomic E-state index is 10.6. The number of phenolic OH excluding ortho intramolecular Hbond substituents is 1. The van der Waals surface area contributed by atoms with Crippen molar-refractivity contribution in [1.82, 2.24) is 10.9 Å². The zero-order chi connectivity index (χ0) is 26.5. The van der Waals surface area contributed by atoms with E-state index in [0.717, 1.165) is 28.1 Å². The molecule has 7 nitrogen and oxygen atoms in total. The fourth-order valence-electron chi connectivity index (χ4n) is 2.87. The first-order valence-electron chi connectivity index (χ1n) is 10.5. The third-order valence-electron chi connectivity index (χ3n) is 4.57. The fourth-order valence-corrected chi connectivity index (χ4v) is 3.19. The summed E-state index contributed by atoms with van der Waals surface area (Å²) in [6.45, 7) is 5.91. The summed E-state index contributed by atoms with van der Waals surface area (Å²) in [6, 6.07) is 18.9. The third-order valence-corrected chi connectivity index (χ3v) is 4.94. The van der Waals surface area contributed by atoms with E-state index in [1.54, 1.807) is 12.1 Å². The number of hydrogen-bond acceptors (Lipinski definition) is 7. The predicted octanol–water partition coefficient (Wildman–Crippen LogP) is 5.32. The molecule has 0 fully saturated rings. The first kappa shape index (κ1) is 32.5. The van der Waals surface area contributed by atoms with Crippen molar-refractivity contribution in [3.8, 4) is 5.75 Å². The molecule has 201 valence electrons. The van der Waals surface area contributed by atoms with Gasteiger partial charge in [-0.2, -0.15) is 10.2 Å². The standard InChI is InChI=1S/C25H26N6OS2.ClH.2Cu/c1-16-4-8-21(9-5-16)28-24(33)30-26-14-19-12-18(3)13-20(23(19)32)15-27-31-25(34)29-22-10-6-17(2)7-11-22;;;/h4-15,32H,1-3H3,(H2,28,30,33)(H2,29,31,34);1H;;/q;;+1;+2/p-3/b26-14+,27-15+;;;. The smallest absolute Gasteiger partial charge is 1.00 e. The van der Waals surface area contributed by atoms with E-state index in [9.17, 15) is 5.11 Å². The minimum atomic E-state index is 0. The summed E-state index contributed by atoms with van der Waals surface area (Å²) in [4.78, 5) is 8.55. The molecule has 0 radical (unpaired) electrons. The number of phenols is 1. The third kappa shape index (κ3) is 11.6. The molecule has 3 rings (SSSR count). The molecule has 3 N–H and O–H groups in total. The van der Waals surface area contributed by atoms with E-state index in [1.807, 2.05) is 69.3 Å². The Morgan fingerprint density at radius 3 is 1.43 bits per heavy atom. The molecule has 0 aliphatic heterocycles. The number of nitrogens with one attached hydrogen (secondary N) is 2. The predicted molar refractivity (Wildman–Crippen MR) is 151 cm³/mol. The van der Waals surface area contributed by atoms with Crippen LogP contribution in [0.2, 0.25) is 0 Å². The van der Waals surface area contributed by atoms with Crippen LogP contribution in [-0.2, 0) is 57.4 Å². The van der Waals surface area contributed by atoms with Gasteiger partial charge in [-0.1, -0.05) is 35.4 Å². The number of hydrogen-bond donors (Lipinski definition) is 3. The van der Waals surface area contributed by atoms with Crippen LogP contribution in [0.15, 0.2) is 80.9 Å². The van der Waals surface area contributed by atoms with Gasteiger partial charge in [0.2, 0.25) is 0 Å². The first-order valence-corrected chi connectivity index (χ1v) is 12.6. The summed E-state index contributed by atoms with van der Waals surface area (Å²) in [5.41, 5.74) is 11.0. The van der Waals surface area contributed by atoms with Crippen molar-refractivity contribution in [2.24, 2.45) is 20.2 Å². The van der Waals surface area contributed by atoms with Crippen molar-refractivity contribution in [2.75, 3.05) is 0 Å². The molecule has 0 spiro atoms. The van der Waals surface area contributed by atoms with Gasteiger partial charge in [-0.3, -0.25) is 20.8 Å². The van der Waals surface area contributed by atoms with E-state index < -0.39 is 0 Å². The largest absolute Gasteiger partial charge is 1.00 e. The second-order valence-electron chi connectivity index (χ2n) is 7.54. The Bertz CT molecular complexity index is 1170. The molecule has 37 heavy (non-hydrogen) atoms. The molecule has 3 aromatic carbocycles. The van der Waals surface area contributed by atoms with Crippen molar-refractivity contribution in [3.05, 3.63) is 88.5 Å². The monoisotopic (exact) mass is 649 g/mol. The van der Waals surface area contributed by atoms with Gasteiger partial charge >= 0.3 is 42.3 Å². The molecule has 0 aliphatic carbocycles. The number of benzene rings is 3. The summed E-state index contributed by atoms with van der Waals surface area (Å²) < 4.78 is 0. The second kappa shape index (κ2) is 17.1. The quantitative estimate of drug-likeness (QED) is 0.110. The van der Waals surface area contributed by atoms with Gasteiger partial charge < -0.3 is 30.4 Å². The number of amidine groups is 2. The van der Waals surface area contributed by atoms with Crippen molar-refractivity contribution in [3.63, 3.8) is 0 Å². The molecular weight excluding hydrogens is 627 g/mol. The summed E-state index contributed by atoms with van der Waals surface area (Å²) in [5, 5.41) is 19.2. The van der Waals surface area contributed by atoms with Crippen LogP contribution >= 0.6 is 10.1 Å². The van der Waals surface area contributed by atoms with Gasteiger partial charge in [0.25, 0.3) is 0 Å². The fraction of sp³-hybridized carbons (Fsp3) is 0.120. The number of aromatic hydroxyl groups is 1. The topological polar surface area (TPSA) is 93.7 Å². The van der Waals surface area contributed by atoms with E-state index in [2.05, 4.69) is 56.2 Å². The van der Waals surface area contributed by atoms with Crippen LogP contribution < -0.4 is 10.9 Å². The summed E-state index contributed by atoms with van der Waals surface area (Å²) in [5.74, 6) is 0.0180. The Hall–Kier alpha value is -2.49. The second-order valence-corrected chi connectivity index (χ2v) is 8.31. The average molecular weight is 651 g/mol. The zero-order valence-corrected chi connectivity index (χ0v) is 24.2. The molecule has 0 bridgehead atoms. The number of hydrazone groups is 2. The number of halogens is 1. The summed E-state index contributed by atoms with van der Waals surface area (Å²) in [6.07, 6.45) is 2.95. The van der Waals surface area contributed by atoms with E-state index in [4.69, 9.17) is 25.3 Å². The molecule has 0 aromatic heterocycles. The van der Waals surface area contributed by atoms with Crippen LogP contribution in [0.3, 0.4) is 0 Å². The molecule has 3 aromatic rings. The number of aryl methyl sites for hydroxylation is 3. The number of nitrogens with zero attached hydrogens (tertiary/aromatic N) is 4. The van der Waals surface area contributed by atoms with Crippen molar-refractivity contribution in [2.45, 2.75) is 20.8 Å².